The van der Waals surface area contributed by atoms with Gasteiger partial charge < -0.3 is 21.1 Å². The van der Waals surface area contributed by atoms with E-state index in [1.165, 1.54) is 24.9 Å². The summed E-state index contributed by atoms with van der Waals surface area (Å²) in [4.78, 5) is 24.2. The topological polar surface area (TPSA) is 137 Å². The molecular weight excluding hydrogens is 326 g/mol. The number of ether oxygens (including phenoxy) is 1. The number of rotatable bonds is 4. The SMILES string of the molecule is CNC(=O)c1cnn2c(N)c(C(=O)Nc3cccc(OC)c3)nnc12. The number of benzene rings is 1. The number of hydrogen-bond acceptors (Lipinski definition) is 7. The Kier molecular flexibility index (Phi) is 4.16. The number of nitrogens with one attached hydrogen (secondary N) is 2. The van der Waals surface area contributed by atoms with Crippen molar-refractivity contribution >= 4 is 29.0 Å². The fraction of sp³-hybridized carbons (Fsp3) is 0.133. The summed E-state index contributed by atoms with van der Waals surface area (Å²) in [7, 11) is 3.01. The molecule has 0 saturated carbocycles. The summed E-state index contributed by atoms with van der Waals surface area (Å²) in [6, 6.07) is 6.83. The molecule has 2 heterocycles. The number of carbonyl (C=O) groups is 2. The molecule has 0 spiro atoms. The van der Waals surface area contributed by atoms with Crippen LogP contribution in [0.15, 0.2) is 30.5 Å². The molecule has 2 aromatic heterocycles. The highest BCUT2D eigenvalue weighted by atomic mass is 16.5. The van der Waals surface area contributed by atoms with E-state index in [0.717, 1.165) is 0 Å². The van der Waals surface area contributed by atoms with E-state index in [-0.39, 0.29) is 28.6 Å². The van der Waals surface area contributed by atoms with E-state index < -0.39 is 5.91 Å². The van der Waals surface area contributed by atoms with E-state index in [2.05, 4.69) is 25.9 Å². The molecule has 0 aliphatic rings. The molecule has 10 heteroatoms. The monoisotopic (exact) mass is 341 g/mol. The van der Waals surface area contributed by atoms with Crippen LogP contribution in [-0.2, 0) is 0 Å². The highest BCUT2D eigenvalue weighted by molar-refractivity contribution is 6.06. The number of nitrogens with zero attached hydrogens (tertiary/aromatic N) is 4. The van der Waals surface area contributed by atoms with Crippen LogP contribution in [-0.4, -0.2) is 45.8 Å². The van der Waals surface area contributed by atoms with Gasteiger partial charge in [0.1, 0.15) is 11.3 Å². The van der Waals surface area contributed by atoms with Gasteiger partial charge in [-0.25, -0.2) is 0 Å². The molecule has 0 atom stereocenters. The van der Waals surface area contributed by atoms with Crippen LogP contribution in [0.3, 0.4) is 0 Å². The van der Waals surface area contributed by atoms with Crippen LogP contribution in [0.5, 0.6) is 5.75 Å². The first-order valence-electron chi connectivity index (χ1n) is 7.22. The zero-order chi connectivity index (χ0) is 18.0. The largest absolute Gasteiger partial charge is 0.497 e. The highest BCUT2D eigenvalue weighted by Gasteiger charge is 2.20. The molecule has 3 aromatic rings. The Bertz CT molecular complexity index is 967. The first-order valence-corrected chi connectivity index (χ1v) is 7.22. The number of fused-ring (bicyclic) bond motifs is 1. The van der Waals surface area contributed by atoms with Crippen LogP contribution in [0.1, 0.15) is 20.8 Å². The zero-order valence-corrected chi connectivity index (χ0v) is 13.5. The maximum atomic E-state index is 12.4. The molecular formula is C15H15N7O3. The van der Waals surface area contributed by atoms with Gasteiger partial charge in [-0.05, 0) is 12.1 Å². The second-order valence-electron chi connectivity index (χ2n) is 4.99. The number of carbonyl (C=O) groups excluding carboxylic acids is 2. The molecule has 0 bridgehead atoms. The standard InChI is InChI=1S/C15H15N7O3/c1-17-14(23)10-7-18-22-12(16)11(20-21-13(10)22)15(24)19-8-4-3-5-9(6-8)25-2/h3-7H,16H2,1-2H3,(H,17,23)(H,19,24). The molecule has 3 rings (SSSR count). The van der Waals surface area contributed by atoms with Crippen molar-refractivity contribution in [2.75, 3.05) is 25.2 Å². The molecule has 10 nitrogen and oxygen atoms in total. The van der Waals surface area contributed by atoms with Gasteiger partial charge in [0.15, 0.2) is 17.2 Å². The van der Waals surface area contributed by atoms with Crippen LogP contribution in [0.2, 0.25) is 0 Å². The molecule has 4 N–H and O–H groups in total. The van der Waals surface area contributed by atoms with Crippen molar-refractivity contribution in [1.82, 2.24) is 25.1 Å². The van der Waals surface area contributed by atoms with Crippen LogP contribution in [0.25, 0.3) is 5.65 Å². The average Bonchev–Trinajstić information content (AvgIpc) is 3.06. The Balaban J connectivity index is 1.94. The normalized spacial score (nSPS) is 10.5. The summed E-state index contributed by atoms with van der Waals surface area (Å²) in [5, 5.41) is 16.8. The highest BCUT2D eigenvalue weighted by Crippen LogP contribution is 2.19. The molecule has 25 heavy (non-hydrogen) atoms. The molecule has 0 radical (unpaired) electrons. The van der Waals surface area contributed by atoms with Gasteiger partial charge >= 0.3 is 0 Å². The molecule has 2 amide bonds. The third-order valence-electron chi connectivity index (χ3n) is 3.47. The number of nitrogens with two attached hydrogens (primary N) is 1. The second kappa shape index (κ2) is 6.43. The van der Waals surface area contributed by atoms with Crippen molar-refractivity contribution in [2.45, 2.75) is 0 Å². The van der Waals surface area contributed by atoms with E-state index in [1.54, 1.807) is 24.3 Å². The Labute approximate surface area is 142 Å². The smallest absolute Gasteiger partial charge is 0.280 e. The van der Waals surface area contributed by atoms with Crippen LogP contribution < -0.4 is 21.1 Å². The third kappa shape index (κ3) is 2.92. The fourth-order valence-corrected chi connectivity index (χ4v) is 2.21. The van der Waals surface area contributed by atoms with Gasteiger partial charge in [-0.3, -0.25) is 9.59 Å². The number of aromatic nitrogens is 4. The van der Waals surface area contributed by atoms with E-state index in [1.807, 2.05) is 0 Å². The number of anilines is 2. The van der Waals surface area contributed by atoms with Crippen LogP contribution >= 0.6 is 0 Å². The van der Waals surface area contributed by atoms with Gasteiger partial charge in [-0.2, -0.15) is 9.61 Å². The van der Waals surface area contributed by atoms with Gasteiger partial charge in [0.2, 0.25) is 0 Å². The lowest BCUT2D eigenvalue weighted by Gasteiger charge is -2.08. The van der Waals surface area contributed by atoms with Crippen molar-refractivity contribution in [3.8, 4) is 5.75 Å². The Morgan fingerprint density at radius 1 is 1.24 bits per heavy atom. The quantitative estimate of drug-likeness (QED) is 0.622. The molecule has 0 aliphatic heterocycles. The molecule has 0 unspecified atom stereocenters. The summed E-state index contributed by atoms with van der Waals surface area (Å²) in [5.74, 6) is -0.371. The lowest BCUT2D eigenvalue weighted by atomic mass is 10.3. The number of amides is 2. The zero-order valence-electron chi connectivity index (χ0n) is 13.5. The Morgan fingerprint density at radius 2 is 2.04 bits per heavy atom. The van der Waals surface area contributed by atoms with Crippen molar-refractivity contribution in [1.29, 1.82) is 0 Å². The summed E-state index contributed by atoms with van der Waals surface area (Å²) >= 11 is 0. The Hall–Kier alpha value is -3.69. The first-order chi connectivity index (χ1) is 12.0. The second-order valence-corrected chi connectivity index (χ2v) is 4.99. The van der Waals surface area contributed by atoms with Crippen molar-refractivity contribution in [3.63, 3.8) is 0 Å². The van der Waals surface area contributed by atoms with E-state index in [9.17, 15) is 9.59 Å². The van der Waals surface area contributed by atoms with Gasteiger partial charge in [-0.1, -0.05) is 6.07 Å². The van der Waals surface area contributed by atoms with Gasteiger partial charge in [0, 0.05) is 18.8 Å². The summed E-state index contributed by atoms with van der Waals surface area (Å²) in [6.07, 6.45) is 1.31. The third-order valence-corrected chi connectivity index (χ3v) is 3.47. The van der Waals surface area contributed by atoms with Gasteiger partial charge in [0.25, 0.3) is 11.8 Å². The minimum absolute atomic E-state index is 0.0273. The number of nitrogen functional groups attached to an aromatic ring is 1. The minimum Gasteiger partial charge on any atom is -0.497 e. The Morgan fingerprint density at radius 3 is 2.76 bits per heavy atom. The van der Waals surface area contributed by atoms with Gasteiger partial charge in [0.05, 0.1) is 13.3 Å². The lowest BCUT2D eigenvalue weighted by molar-refractivity contribution is 0.0963. The minimum atomic E-state index is -0.558. The average molecular weight is 341 g/mol. The molecule has 1 aromatic carbocycles. The number of hydrogen-bond donors (Lipinski definition) is 3. The maximum absolute atomic E-state index is 12.4. The van der Waals surface area contributed by atoms with Crippen molar-refractivity contribution in [3.05, 3.63) is 41.7 Å². The summed E-state index contributed by atoms with van der Waals surface area (Å²) in [5.41, 5.74) is 6.74. The molecule has 0 fully saturated rings. The molecule has 128 valence electrons. The predicted molar refractivity (Wildman–Crippen MR) is 89.5 cm³/mol. The van der Waals surface area contributed by atoms with E-state index >= 15 is 0 Å². The lowest BCUT2D eigenvalue weighted by Crippen LogP contribution is -2.21. The first kappa shape index (κ1) is 16.2. The van der Waals surface area contributed by atoms with E-state index in [4.69, 9.17) is 10.5 Å². The molecule has 0 saturated heterocycles. The number of methoxy groups -OCH3 is 1. The fourth-order valence-electron chi connectivity index (χ4n) is 2.21. The van der Waals surface area contributed by atoms with Crippen molar-refractivity contribution < 1.29 is 14.3 Å². The van der Waals surface area contributed by atoms with Crippen molar-refractivity contribution in [2.24, 2.45) is 0 Å². The van der Waals surface area contributed by atoms with E-state index in [0.29, 0.717) is 11.4 Å². The summed E-state index contributed by atoms with van der Waals surface area (Å²) < 4.78 is 6.30. The van der Waals surface area contributed by atoms with Gasteiger partial charge in [-0.15, -0.1) is 10.2 Å². The van der Waals surface area contributed by atoms with Crippen LogP contribution in [0.4, 0.5) is 11.5 Å². The maximum Gasteiger partial charge on any atom is 0.280 e. The van der Waals surface area contributed by atoms with Crippen LogP contribution in [0, 0.1) is 0 Å². The summed E-state index contributed by atoms with van der Waals surface area (Å²) in [6.45, 7) is 0. The molecule has 0 aliphatic carbocycles. The predicted octanol–water partition coefficient (Wildman–Crippen LogP) is 0.327.